The van der Waals surface area contributed by atoms with Gasteiger partial charge in [-0.15, -0.1) is 10.2 Å². The second-order valence-corrected chi connectivity index (χ2v) is 9.76. The highest BCUT2D eigenvalue weighted by atomic mass is 16.4. The van der Waals surface area contributed by atoms with Gasteiger partial charge in [0.2, 0.25) is 0 Å². The third-order valence-electron chi connectivity index (χ3n) is 6.81. The molecule has 3 heterocycles. The predicted molar refractivity (Wildman–Crippen MR) is 133 cm³/mol. The molecule has 5 N–H and O–H groups in total. The number of benzene rings is 1. The number of fused-ring (bicyclic) bond motifs is 1. The summed E-state index contributed by atoms with van der Waals surface area (Å²) in [5.74, 6) is -2.55. The minimum absolute atomic E-state index is 0.0210. The van der Waals surface area contributed by atoms with Gasteiger partial charge in [-0.2, -0.15) is 0 Å². The van der Waals surface area contributed by atoms with Crippen molar-refractivity contribution in [3.05, 3.63) is 47.5 Å². The van der Waals surface area contributed by atoms with Crippen LogP contribution in [0.2, 0.25) is 0 Å². The average Bonchev–Trinajstić information content (AvgIpc) is 3.27. The van der Waals surface area contributed by atoms with Crippen molar-refractivity contribution in [3.8, 4) is 0 Å². The molecule has 0 spiro atoms. The second kappa shape index (κ2) is 13.4. The highest BCUT2D eigenvalue weighted by Gasteiger charge is 2.40. The van der Waals surface area contributed by atoms with Crippen molar-refractivity contribution in [2.45, 2.75) is 57.5 Å². The van der Waals surface area contributed by atoms with E-state index >= 15 is 0 Å². The summed E-state index contributed by atoms with van der Waals surface area (Å²) in [6.45, 7) is 7.37. The number of aliphatic carboxylic acids is 3. The lowest BCUT2D eigenvalue weighted by molar-refractivity contribution is -0.170. The number of nitrogens with zero attached hydrogens (tertiary/aromatic N) is 5. The lowest BCUT2D eigenvalue weighted by Gasteiger charge is -2.36. The Morgan fingerprint density at radius 1 is 0.895 bits per heavy atom. The molecule has 1 aromatic carbocycles. The normalized spacial score (nSPS) is 16.8. The van der Waals surface area contributed by atoms with Gasteiger partial charge in [0.1, 0.15) is 12.4 Å². The summed E-state index contributed by atoms with van der Waals surface area (Å²) >= 11 is 0. The molecule has 2 aliphatic rings. The van der Waals surface area contributed by atoms with Gasteiger partial charge in [-0.1, -0.05) is 30.3 Å². The zero-order valence-electron chi connectivity index (χ0n) is 21.1. The number of aliphatic hydroxyl groups is 2. The average molecular weight is 534 g/mol. The summed E-state index contributed by atoms with van der Waals surface area (Å²) in [6.07, 6.45) is 0.263. The molecule has 2 aliphatic heterocycles. The van der Waals surface area contributed by atoms with Gasteiger partial charge in [0.25, 0.3) is 0 Å². The standard InChI is InChI=1S/C19H27N5O.C6H8O7/c25-15-19-21-20-18-14-23(10-11-24(18)19)13-17-6-8-22(9-7-17)12-16-4-2-1-3-5-16;7-3(8)1-6(13,5(11)12)2-4(9)10/h1-5,17,25H,6-15H2;13H,1-2H2,(H,7,8)(H,9,10)(H,11,12). The summed E-state index contributed by atoms with van der Waals surface area (Å²) in [4.78, 5) is 35.6. The van der Waals surface area contributed by atoms with E-state index in [9.17, 15) is 19.5 Å². The minimum Gasteiger partial charge on any atom is -0.481 e. The van der Waals surface area contributed by atoms with Crippen LogP contribution in [-0.2, 0) is 40.6 Å². The molecule has 0 unspecified atom stereocenters. The first-order valence-corrected chi connectivity index (χ1v) is 12.5. The number of carbonyl (C=O) groups is 3. The van der Waals surface area contributed by atoms with Crippen LogP contribution in [0, 0.1) is 5.92 Å². The molecule has 1 fully saturated rings. The molecule has 0 bridgehead atoms. The first kappa shape index (κ1) is 29.2. The molecule has 13 heteroatoms. The lowest BCUT2D eigenvalue weighted by atomic mass is 9.95. The third kappa shape index (κ3) is 8.31. The Labute approximate surface area is 219 Å². The van der Waals surface area contributed by atoms with E-state index in [2.05, 4.69) is 54.9 Å². The number of carboxylic acids is 3. The maximum absolute atomic E-state index is 10.3. The van der Waals surface area contributed by atoms with Gasteiger partial charge in [-0.25, -0.2) is 4.79 Å². The molecule has 0 radical (unpaired) electrons. The van der Waals surface area contributed by atoms with Crippen molar-refractivity contribution < 1.29 is 39.9 Å². The van der Waals surface area contributed by atoms with Crippen LogP contribution in [0.25, 0.3) is 0 Å². The van der Waals surface area contributed by atoms with Crippen LogP contribution in [0.1, 0.15) is 42.9 Å². The molecule has 4 rings (SSSR count). The number of aliphatic hydroxyl groups excluding tert-OH is 1. The zero-order chi connectivity index (χ0) is 27.7. The largest absolute Gasteiger partial charge is 0.481 e. The van der Waals surface area contributed by atoms with Crippen molar-refractivity contribution in [3.63, 3.8) is 0 Å². The maximum atomic E-state index is 10.3. The van der Waals surface area contributed by atoms with E-state index in [1.165, 1.54) is 31.5 Å². The number of hydrogen-bond donors (Lipinski definition) is 5. The summed E-state index contributed by atoms with van der Waals surface area (Å²) < 4.78 is 2.07. The van der Waals surface area contributed by atoms with Crippen LogP contribution in [0.3, 0.4) is 0 Å². The Bertz CT molecular complexity index is 1070. The highest BCUT2D eigenvalue weighted by Crippen LogP contribution is 2.22. The molecule has 0 amide bonds. The second-order valence-electron chi connectivity index (χ2n) is 9.76. The van der Waals surface area contributed by atoms with Crippen LogP contribution in [0.4, 0.5) is 0 Å². The number of piperidine rings is 1. The van der Waals surface area contributed by atoms with Crippen molar-refractivity contribution in [1.29, 1.82) is 0 Å². The molecular formula is C25H35N5O8. The molecule has 13 nitrogen and oxygen atoms in total. The van der Waals surface area contributed by atoms with Crippen molar-refractivity contribution >= 4 is 17.9 Å². The smallest absolute Gasteiger partial charge is 0.336 e. The van der Waals surface area contributed by atoms with Crippen molar-refractivity contribution in [1.82, 2.24) is 24.6 Å². The highest BCUT2D eigenvalue weighted by molar-refractivity contribution is 5.88. The molecule has 0 aliphatic carbocycles. The molecular weight excluding hydrogens is 498 g/mol. The Kier molecular flexibility index (Phi) is 10.3. The third-order valence-corrected chi connectivity index (χ3v) is 6.81. The minimum atomic E-state index is -2.74. The molecule has 1 saturated heterocycles. The van der Waals surface area contributed by atoms with E-state index in [0.717, 1.165) is 44.5 Å². The molecule has 0 saturated carbocycles. The van der Waals surface area contributed by atoms with E-state index in [-0.39, 0.29) is 6.61 Å². The van der Waals surface area contributed by atoms with Gasteiger partial charge in [0.05, 0.1) is 19.4 Å². The van der Waals surface area contributed by atoms with E-state index in [0.29, 0.717) is 5.82 Å². The summed E-state index contributed by atoms with van der Waals surface area (Å²) in [7, 11) is 0. The van der Waals surface area contributed by atoms with Gasteiger partial charge in [0, 0.05) is 26.2 Å². The van der Waals surface area contributed by atoms with Crippen LogP contribution >= 0.6 is 0 Å². The molecule has 38 heavy (non-hydrogen) atoms. The fourth-order valence-electron chi connectivity index (χ4n) is 4.79. The summed E-state index contributed by atoms with van der Waals surface area (Å²) in [6, 6.07) is 10.8. The Morgan fingerprint density at radius 3 is 2.08 bits per heavy atom. The fraction of sp³-hybridized carbons (Fsp3) is 0.560. The molecule has 2 aromatic rings. The first-order valence-electron chi connectivity index (χ1n) is 12.5. The van der Waals surface area contributed by atoms with Crippen LogP contribution < -0.4 is 0 Å². The number of aromatic nitrogens is 3. The van der Waals surface area contributed by atoms with Gasteiger partial charge < -0.3 is 30.1 Å². The number of hydrogen-bond acceptors (Lipinski definition) is 9. The van der Waals surface area contributed by atoms with Crippen molar-refractivity contribution in [2.24, 2.45) is 5.92 Å². The Balaban J connectivity index is 0.000000263. The van der Waals surface area contributed by atoms with Gasteiger partial charge in [-0.05, 0) is 37.4 Å². The first-order chi connectivity index (χ1) is 18.1. The summed E-state index contributed by atoms with van der Waals surface area (Å²) in [5.41, 5.74) is -1.33. The molecule has 1 aromatic heterocycles. The van der Waals surface area contributed by atoms with Gasteiger partial charge >= 0.3 is 17.9 Å². The van der Waals surface area contributed by atoms with E-state index in [4.69, 9.17) is 20.4 Å². The van der Waals surface area contributed by atoms with Crippen LogP contribution in [0.5, 0.6) is 0 Å². The topological polar surface area (TPSA) is 190 Å². The van der Waals surface area contributed by atoms with E-state index < -0.39 is 36.4 Å². The van der Waals surface area contributed by atoms with Crippen molar-refractivity contribution in [2.75, 3.05) is 26.2 Å². The molecule has 0 atom stereocenters. The SMILES string of the molecule is O=C(O)CC(O)(CC(=O)O)C(=O)O.OCc1nnc2n1CCN(CC1CCN(Cc3ccccc3)CC1)C2. The van der Waals surface area contributed by atoms with Crippen LogP contribution in [0.15, 0.2) is 30.3 Å². The van der Waals surface area contributed by atoms with E-state index in [1.54, 1.807) is 0 Å². The maximum Gasteiger partial charge on any atom is 0.336 e. The quantitative estimate of drug-likeness (QED) is 0.280. The zero-order valence-corrected chi connectivity index (χ0v) is 21.1. The lowest BCUT2D eigenvalue weighted by Crippen LogP contribution is -2.42. The Morgan fingerprint density at radius 2 is 1.53 bits per heavy atom. The number of carboxylic acid groups (broad SMARTS) is 3. The number of likely N-dealkylation sites (tertiary alicyclic amines) is 1. The number of rotatable bonds is 10. The monoisotopic (exact) mass is 533 g/mol. The fourth-order valence-corrected chi connectivity index (χ4v) is 4.79. The summed E-state index contributed by atoms with van der Waals surface area (Å²) in [5, 5.41) is 51.4. The van der Waals surface area contributed by atoms with Crippen LogP contribution in [-0.4, -0.2) is 99.8 Å². The van der Waals surface area contributed by atoms with E-state index in [1.807, 2.05) is 0 Å². The van der Waals surface area contributed by atoms with Gasteiger partial charge in [0.15, 0.2) is 11.4 Å². The van der Waals surface area contributed by atoms with Gasteiger partial charge in [-0.3, -0.25) is 19.4 Å². The Hall–Kier alpha value is -3.39. The predicted octanol–water partition coefficient (Wildman–Crippen LogP) is 0.250. The molecule has 208 valence electrons.